The molecule has 0 spiro atoms. The zero-order chi connectivity index (χ0) is 43.0. The molecule has 4 aliphatic heterocycles. The molecule has 3 aromatic heterocycles. The van der Waals surface area contributed by atoms with Crippen LogP contribution in [0.4, 0.5) is 37.7 Å². The summed E-state index contributed by atoms with van der Waals surface area (Å²) in [6, 6.07) is 7.53. The highest BCUT2D eigenvalue weighted by Gasteiger charge is 2.38. The first-order chi connectivity index (χ1) is 28.3. The zero-order valence-corrected chi connectivity index (χ0v) is 33.7. The van der Waals surface area contributed by atoms with E-state index in [-0.39, 0.29) is 67.2 Å². The fourth-order valence-corrected chi connectivity index (χ4v) is 9.19. The highest BCUT2D eigenvalue weighted by atomic mass is 19.4. The molecule has 1 aromatic carbocycles. The fourth-order valence-electron chi connectivity index (χ4n) is 9.19. The van der Waals surface area contributed by atoms with Crippen molar-refractivity contribution in [3.8, 4) is 0 Å². The van der Waals surface area contributed by atoms with Crippen molar-refractivity contribution in [3.05, 3.63) is 119 Å². The predicted octanol–water partition coefficient (Wildman–Crippen LogP) is 5.88. The van der Waals surface area contributed by atoms with Crippen molar-refractivity contribution in [1.29, 1.82) is 0 Å². The molecule has 0 atom stereocenters. The molecule has 0 aliphatic carbocycles. The van der Waals surface area contributed by atoms with E-state index in [4.69, 9.17) is 0 Å². The van der Waals surface area contributed by atoms with Gasteiger partial charge in [0.25, 0.3) is 11.1 Å². The first-order valence-corrected chi connectivity index (χ1v) is 20.0. The Hall–Kier alpha value is -5.61. The first-order valence-electron chi connectivity index (χ1n) is 20.0. The van der Waals surface area contributed by atoms with E-state index in [2.05, 4.69) is 4.98 Å². The van der Waals surface area contributed by atoms with Crippen LogP contribution in [0.3, 0.4) is 0 Å². The molecule has 2 amide bonds. The monoisotopic (exact) mass is 837 g/mol. The number of rotatable bonds is 9. The van der Waals surface area contributed by atoms with Crippen LogP contribution in [-0.4, -0.2) is 61.9 Å². The molecule has 4 aromatic rings. The second-order valence-corrected chi connectivity index (χ2v) is 16.7. The molecular formula is C43H45F6N7O4. The van der Waals surface area contributed by atoms with Crippen molar-refractivity contribution in [2.45, 2.75) is 85.1 Å². The smallest absolute Gasteiger partial charge is 0.371 e. The van der Waals surface area contributed by atoms with Gasteiger partial charge in [0.2, 0.25) is 11.8 Å². The van der Waals surface area contributed by atoms with Gasteiger partial charge in [0.05, 0.1) is 18.7 Å². The number of amides is 2. The number of pyridine rings is 3. The van der Waals surface area contributed by atoms with Gasteiger partial charge in [0, 0.05) is 118 Å². The van der Waals surface area contributed by atoms with Crippen LogP contribution in [0.25, 0.3) is 0 Å². The van der Waals surface area contributed by atoms with Gasteiger partial charge >= 0.3 is 12.4 Å². The maximum atomic E-state index is 13.8. The van der Waals surface area contributed by atoms with Gasteiger partial charge < -0.3 is 28.7 Å². The summed E-state index contributed by atoms with van der Waals surface area (Å²) in [5.41, 5.74) is 5.03. The Balaban J connectivity index is 0.914. The Labute approximate surface area is 341 Å². The number of hydrogen-bond donors (Lipinski definition) is 0. The third kappa shape index (κ3) is 7.55. The van der Waals surface area contributed by atoms with Crippen molar-refractivity contribution in [3.63, 3.8) is 0 Å². The van der Waals surface area contributed by atoms with Crippen LogP contribution >= 0.6 is 0 Å². The van der Waals surface area contributed by atoms with Crippen LogP contribution < -0.4 is 20.9 Å². The number of benzene rings is 1. The molecule has 0 unspecified atom stereocenters. The minimum Gasteiger partial charge on any atom is -0.371 e. The van der Waals surface area contributed by atoms with Crippen molar-refractivity contribution >= 4 is 23.2 Å². The van der Waals surface area contributed by atoms with E-state index in [1.807, 2.05) is 11.8 Å². The minimum atomic E-state index is -4.55. The van der Waals surface area contributed by atoms with Crippen molar-refractivity contribution in [1.82, 2.24) is 23.9 Å². The summed E-state index contributed by atoms with van der Waals surface area (Å²) in [5.74, 6) is -0.182. The predicted molar refractivity (Wildman–Crippen MR) is 210 cm³/mol. The van der Waals surface area contributed by atoms with Crippen molar-refractivity contribution in [2.24, 2.45) is 18.9 Å². The van der Waals surface area contributed by atoms with Gasteiger partial charge in [0.15, 0.2) is 0 Å². The van der Waals surface area contributed by atoms with E-state index in [9.17, 15) is 45.5 Å². The van der Waals surface area contributed by atoms with Gasteiger partial charge in [-0.1, -0.05) is 0 Å². The number of carbonyl (C=O) groups is 2. The molecule has 0 bridgehead atoms. The molecule has 4 aliphatic rings. The fraction of sp³-hybridized carbons (Fsp3) is 0.465. The van der Waals surface area contributed by atoms with E-state index in [1.54, 1.807) is 44.7 Å². The summed E-state index contributed by atoms with van der Waals surface area (Å²) in [6.45, 7) is 8.73. The standard InChI is InChI=1S/C43H45F6N7O4/c1-24-25(2)41(60)56(36-23-54(20-33(24)36)38(57)14-28-18-53(19-28)31-9-11-50-37(15-31)43(47,48)49)12-10-32-26(3)40(59)51(4)35-22-55(21-34(32)35)39(58)13-27-16-52(17-27)30-7-5-29(6-8-30)42(44,45)46/h5-9,11,15,27-28H,10,12-14,16-23H2,1-4H3. The number of alkyl halides is 6. The van der Waals surface area contributed by atoms with E-state index in [1.165, 1.54) is 18.2 Å². The summed E-state index contributed by atoms with van der Waals surface area (Å²) in [5, 5.41) is 0. The van der Waals surface area contributed by atoms with Gasteiger partial charge in [-0.2, -0.15) is 26.3 Å². The summed E-state index contributed by atoms with van der Waals surface area (Å²) in [6.07, 6.45) is -7.00. The topological polar surface area (TPSA) is 104 Å². The van der Waals surface area contributed by atoms with Crippen LogP contribution in [-0.2, 0) is 68.1 Å². The highest BCUT2D eigenvalue weighted by Crippen LogP contribution is 2.36. The summed E-state index contributed by atoms with van der Waals surface area (Å²) in [7, 11) is 1.69. The summed E-state index contributed by atoms with van der Waals surface area (Å²) >= 11 is 0. The molecule has 8 rings (SSSR count). The van der Waals surface area contributed by atoms with Gasteiger partial charge in [-0.3, -0.25) is 24.2 Å². The third-order valence-electron chi connectivity index (χ3n) is 12.9. The molecule has 17 heteroatoms. The van der Waals surface area contributed by atoms with Gasteiger partial charge in [-0.05, 0) is 85.8 Å². The quantitative estimate of drug-likeness (QED) is 0.194. The lowest BCUT2D eigenvalue weighted by Crippen LogP contribution is -2.48. The lowest BCUT2D eigenvalue weighted by Gasteiger charge is -2.41. The molecule has 60 heavy (non-hydrogen) atoms. The van der Waals surface area contributed by atoms with Gasteiger partial charge in [-0.15, -0.1) is 0 Å². The number of fused-ring (bicyclic) bond motifs is 2. The number of hydrogen-bond acceptors (Lipinski definition) is 7. The molecule has 2 saturated heterocycles. The second kappa shape index (κ2) is 15.1. The maximum absolute atomic E-state index is 13.8. The number of aromatic nitrogens is 3. The zero-order valence-electron chi connectivity index (χ0n) is 33.7. The third-order valence-corrected chi connectivity index (χ3v) is 12.9. The molecule has 318 valence electrons. The Morgan fingerprint density at radius 2 is 1.25 bits per heavy atom. The Morgan fingerprint density at radius 1 is 0.683 bits per heavy atom. The van der Waals surface area contributed by atoms with Crippen LogP contribution in [0.1, 0.15) is 68.9 Å². The van der Waals surface area contributed by atoms with Crippen LogP contribution in [0.15, 0.2) is 52.2 Å². The van der Waals surface area contributed by atoms with E-state index >= 15 is 0 Å². The van der Waals surface area contributed by atoms with Gasteiger partial charge in [-0.25, -0.2) is 0 Å². The average molecular weight is 838 g/mol. The Morgan fingerprint density at radius 3 is 1.83 bits per heavy atom. The molecular weight excluding hydrogens is 793 g/mol. The van der Waals surface area contributed by atoms with E-state index in [0.29, 0.717) is 68.2 Å². The van der Waals surface area contributed by atoms with E-state index in [0.717, 1.165) is 58.0 Å². The normalized spacial score (nSPS) is 16.9. The lowest BCUT2D eigenvalue weighted by atomic mass is 9.94. The largest absolute Gasteiger partial charge is 0.433 e. The van der Waals surface area contributed by atoms with Crippen molar-refractivity contribution in [2.75, 3.05) is 36.0 Å². The summed E-state index contributed by atoms with van der Waals surface area (Å²) < 4.78 is 81.9. The Bertz CT molecular complexity index is 2500. The number of anilines is 2. The second-order valence-electron chi connectivity index (χ2n) is 16.7. The first kappa shape index (κ1) is 41.1. The molecule has 0 N–H and O–H groups in total. The molecule has 7 heterocycles. The van der Waals surface area contributed by atoms with Crippen LogP contribution in [0.5, 0.6) is 0 Å². The Kier molecular flexibility index (Phi) is 10.4. The molecule has 2 fully saturated rings. The maximum Gasteiger partial charge on any atom is 0.433 e. The highest BCUT2D eigenvalue weighted by molar-refractivity contribution is 5.78. The minimum absolute atomic E-state index is 0.0318. The number of carbonyl (C=O) groups excluding carboxylic acids is 2. The number of halogens is 6. The molecule has 0 saturated carbocycles. The lowest BCUT2D eigenvalue weighted by molar-refractivity contribution is -0.141. The summed E-state index contributed by atoms with van der Waals surface area (Å²) in [4.78, 5) is 65.2. The van der Waals surface area contributed by atoms with E-state index < -0.39 is 23.6 Å². The van der Waals surface area contributed by atoms with Crippen LogP contribution in [0.2, 0.25) is 0 Å². The molecule has 0 radical (unpaired) electrons. The SMILES string of the molecule is Cc1c2c(n(CCc3c4c(n(C)c(=O)c3C)CN(C(=O)CC3CN(c5ccc(C(F)(F)F)cc5)C3)C4)c(=O)c1C)CN(C(=O)CC1CN(c3ccnc(C(F)(F)F)c3)C1)C2. The van der Waals surface area contributed by atoms with Crippen LogP contribution in [0, 0.1) is 32.6 Å². The average Bonchev–Trinajstić information content (AvgIpc) is 3.82. The van der Waals surface area contributed by atoms with Gasteiger partial charge in [0.1, 0.15) is 5.69 Å². The van der Waals surface area contributed by atoms with Crippen molar-refractivity contribution < 1.29 is 35.9 Å². The number of nitrogens with zero attached hydrogens (tertiary/aromatic N) is 7. The molecule has 11 nitrogen and oxygen atoms in total.